The summed E-state index contributed by atoms with van der Waals surface area (Å²) in [6, 6.07) is 0.361. The molecule has 1 heterocycles. The summed E-state index contributed by atoms with van der Waals surface area (Å²) >= 11 is 1.72. The summed E-state index contributed by atoms with van der Waals surface area (Å²) in [5.74, 6) is 0. The Balaban J connectivity index is 1.69. The molecule has 0 aliphatic heterocycles. The second-order valence-electron chi connectivity index (χ2n) is 4.18. The van der Waals surface area contributed by atoms with Gasteiger partial charge in [-0.25, -0.2) is 4.98 Å². The van der Waals surface area contributed by atoms with Gasteiger partial charge in [-0.2, -0.15) is 0 Å². The SMILES string of the molecule is Cc1ncsc1CCOC1CCC(N)C1. The highest BCUT2D eigenvalue weighted by molar-refractivity contribution is 7.09. The summed E-state index contributed by atoms with van der Waals surface area (Å²) in [4.78, 5) is 5.57. The van der Waals surface area contributed by atoms with Crippen LogP contribution < -0.4 is 5.73 Å². The fourth-order valence-corrected chi connectivity index (χ4v) is 2.77. The van der Waals surface area contributed by atoms with Crippen LogP contribution in [-0.4, -0.2) is 23.7 Å². The van der Waals surface area contributed by atoms with Gasteiger partial charge in [0, 0.05) is 17.3 Å². The Hall–Kier alpha value is -0.450. The third-order valence-electron chi connectivity index (χ3n) is 2.95. The smallest absolute Gasteiger partial charge is 0.0797 e. The highest BCUT2D eigenvalue weighted by atomic mass is 32.1. The van der Waals surface area contributed by atoms with Crippen molar-refractivity contribution in [2.75, 3.05) is 6.61 Å². The first kappa shape index (κ1) is 11.0. The molecule has 0 saturated heterocycles. The van der Waals surface area contributed by atoms with E-state index in [1.807, 2.05) is 5.51 Å². The van der Waals surface area contributed by atoms with Crippen LogP contribution in [0.25, 0.3) is 0 Å². The highest BCUT2D eigenvalue weighted by Gasteiger charge is 2.21. The number of nitrogens with two attached hydrogens (primary N) is 1. The number of aryl methyl sites for hydroxylation is 1. The van der Waals surface area contributed by atoms with Crippen LogP contribution in [0.4, 0.5) is 0 Å². The van der Waals surface area contributed by atoms with E-state index >= 15 is 0 Å². The third-order valence-corrected chi connectivity index (χ3v) is 3.95. The van der Waals surface area contributed by atoms with Gasteiger partial charge in [0.25, 0.3) is 0 Å². The second kappa shape index (κ2) is 5.05. The van der Waals surface area contributed by atoms with Crippen LogP contribution in [0.3, 0.4) is 0 Å². The van der Waals surface area contributed by atoms with E-state index in [4.69, 9.17) is 10.5 Å². The molecular formula is C11H18N2OS. The van der Waals surface area contributed by atoms with Crippen molar-refractivity contribution in [2.45, 2.75) is 44.8 Å². The summed E-state index contributed by atoms with van der Waals surface area (Å²) in [7, 11) is 0. The molecule has 0 radical (unpaired) electrons. The maximum Gasteiger partial charge on any atom is 0.0797 e. The lowest BCUT2D eigenvalue weighted by Crippen LogP contribution is -2.18. The standard InChI is InChI=1S/C11H18N2OS/c1-8-11(15-7-13-8)4-5-14-10-3-2-9(12)6-10/h7,9-10H,2-6,12H2,1H3. The summed E-state index contributed by atoms with van der Waals surface area (Å²) < 4.78 is 5.80. The monoisotopic (exact) mass is 226 g/mol. The van der Waals surface area contributed by atoms with E-state index < -0.39 is 0 Å². The molecule has 2 N–H and O–H groups in total. The summed E-state index contributed by atoms with van der Waals surface area (Å²) in [5.41, 5.74) is 8.87. The van der Waals surface area contributed by atoms with Gasteiger partial charge in [-0.1, -0.05) is 0 Å². The molecule has 1 saturated carbocycles. The molecule has 2 atom stereocenters. The molecule has 2 unspecified atom stereocenters. The Labute approximate surface area is 94.7 Å². The first-order chi connectivity index (χ1) is 7.25. The van der Waals surface area contributed by atoms with Crippen LogP contribution in [0.5, 0.6) is 0 Å². The summed E-state index contributed by atoms with van der Waals surface area (Å²) in [6.07, 6.45) is 4.66. The normalized spacial score (nSPS) is 26.0. The van der Waals surface area contributed by atoms with Crippen LogP contribution in [0.2, 0.25) is 0 Å². The van der Waals surface area contributed by atoms with Crippen LogP contribution in [0.1, 0.15) is 29.8 Å². The van der Waals surface area contributed by atoms with Crippen molar-refractivity contribution < 1.29 is 4.74 Å². The van der Waals surface area contributed by atoms with Crippen molar-refractivity contribution >= 4 is 11.3 Å². The minimum absolute atomic E-state index is 0.361. The Bertz CT molecular complexity index is 313. The maximum absolute atomic E-state index is 5.83. The van der Waals surface area contributed by atoms with Gasteiger partial charge < -0.3 is 10.5 Å². The molecule has 1 aliphatic rings. The minimum atomic E-state index is 0.361. The Kier molecular flexibility index (Phi) is 3.72. The van der Waals surface area contributed by atoms with E-state index in [1.165, 1.54) is 4.88 Å². The summed E-state index contributed by atoms with van der Waals surface area (Å²) in [6.45, 7) is 2.86. The number of hydrogen-bond acceptors (Lipinski definition) is 4. The van der Waals surface area contributed by atoms with Crippen LogP contribution in [-0.2, 0) is 11.2 Å². The molecule has 15 heavy (non-hydrogen) atoms. The molecule has 0 spiro atoms. The van der Waals surface area contributed by atoms with Gasteiger partial charge in [-0.05, 0) is 26.2 Å². The Morgan fingerprint density at radius 3 is 3.07 bits per heavy atom. The first-order valence-electron chi connectivity index (χ1n) is 5.52. The van der Waals surface area contributed by atoms with Crippen molar-refractivity contribution in [3.8, 4) is 0 Å². The van der Waals surface area contributed by atoms with E-state index in [0.717, 1.165) is 38.0 Å². The van der Waals surface area contributed by atoms with Gasteiger partial charge in [-0.15, -0.1) is 11.3 Å². The molecular weight excluding hydrogens is 208 g/mol. The molecule has 84 valence electrons. The van der Waals surface area contributed by atoms with Crippen molar-refractivity contribution in [3.63, 3.8) is 0 Å². The van der Waals surface area contributed by atoms with Gasteiger partial charge in [0.2, 0.25) is 0 Å². The summed E-state index contributed by atoms with van der Waals surface area (Å²) in [5, 5.41) is 0. The topological polar surface area (TPSA) is 48.1 Å². The van der Waals surface area contributed by atoms with Crippen molar-refractivity contribution in [2.24, 2.45) is 5.73 Å². The fraction of sp³-hybridized carbons (Fsp3) is 0.727. The van der Waals surface area contributed by atoms with E-state index in [0.29, 0.717) is 12.1 Å². The number of thiazole rings is 1. The number of rotatable bonds is 4. The predicted octanol–water partition coefficient (Wildman–Crippen LogP) is 1.89. The average molecular weight is 226 g/mol. The molecule has 0 amide bonds. The number of aromatic nitrogens is 1. The first-order valence-corrected chi connectivity index (χ1v) is 6.40. The molecule has 1 aliphatic carbocycles. The van der Waals surface area contributed by atoms with Crippen molar-refractivity contribution in [1.82, 2.24) is 4.98 Å². The van der Waals surface area contributed by atoms with E-state index in [2.05, 4.69) is 11.9 Å². The number of hydrogen-bond donors (Lipinski definition) is 1. The molecule has 4 heteroatoms. The van der Waals surface area contributed by atoms with Gasteiger partial charge in [-0.3, -0.25) is 0 Å². The van der Waals surface area contributed by atoms with Gasteiger partial charge in [0.15, 0.2) is 0 Å². The predicted molar refractivity (Wildman–Crippen MR) is 62.1 cm³/mol. The lowest BCUT2D eigenvalue weighted by atomic mass is 10.3. The minimum Gasteiger partial charge on any atom is -0.378 e. The van der Waals surface area contributed by atoms with Gasteiger partial charge in [0.05, 0.1) is 23.9 Å². The zero-order valence-corrected chi connectivity index (χ0v) is 9.93. The Morgan fingerprint density at radius 1 is 1.60 bits per heavy atom. The molecule has 3 nitrogen and oxygen atoms in total. The Morgan fingerprint density at radius 2 is 2.47 bits per heavy atom. The second-order valence-corrected chi connectivity index (χ2v) is 5.12. The molecule has 1 fully saturated rings. The average Bonchev–Trinajstić information content (AvgIpc) is 2.77. The highest BCUT2D eigenvalue weighted by Crippen LogP contribution is 2.21. The lowest BCUT2D eigenvalue weighted by Gasteiger charge is -2.10. The fourth-order valence-electron chi connectivity index (χ4n) is 2.01. The molecule has 1 aromatic rings. The van der Waals surface area contributed by atoms with Gasteiger partial charge in [0.1, 0.15) is 0 Å². The van der Waals surface area contributed by atoms with Crippen LogP contribution in [0, 0.1) is 6.92 Å². The largest absolute Gasteiger partial charge is 0.378 e. The van der Waals surface area contributed by atoms with Crippen LogP contribution in [0.15, 0.2) is 5.51 Å². The maximum atomic E-state index is 5.83. The molecule has 2 rings (SSSR count). The zero-order chi connectivity index (χ0) is 10.7. The quantitative estimate of drug-likeness (QED) is 0.853. The molecule has 0 bridgehead atoms. The van der Waals surface area contributed by atoms with Crippen LogP contribution >= 0.6 is 11.3 Å². The third kappa shape index (κ3) is 3.00. The molecule has 1 aromatic heterocycles. The lowest BCUT2D eigenvalue weighted by molar-refractivity contribution is 0.0600. The zero-order valence-electron chi connectivity index (χ0n) is 9.11. The van der Waals surface area contributed by atoms with E-state index in [-0.39, 0.29) is 0 Å². The van der Waals surface area contributed by atoms with E-state index in [9.17, 15) is 0 Å². The van der Waals surface area contributed by atoms with Gasteiger partial charge >= 0.3 is 0 Å². The molecule has 0 aromatic carbocycles. The number of nitrogens with zero attached hydrogens (tertiary/aromatic N) is 1. The van der Waals surface area contributed by atoms with Crippen molar-refractivity contribution in [3.05, 3.63) is 16.1 Å². The van der Waals surface area contributed by atoms with E-state index in [1.54, 1.807) is 11.3 Å². The number of ether oxygens (including phenoxy) is 1. The van der Waals surface area contributed by atoms with Crippen molar-refractivity contribution in [1.29, 1.82) is 0 Å².